The zero-order valence-corrected chi connectivity index (χ0v) is 38.5. The van der Waals surface area contributed by atoms with Gasteiger partial charge in [0.25, 0.3) is 0 Å². The molecule has 3 unspecified atom stereocenters. The number of aliphatic carboxylic acids is 1. The average molecular weight is 858 g/mol. The molecule has 0 saturated carbocycles. The summed E-state index contributed by atoms with van der Waals surface area (Å²) < 4.78 is 32.8. The van der Waals surface area contributed by atoms with Crippen LogP contribution in [0.5, 0.6) is 0 Å². The number of esters is 2. The Bertz CT molecular complexity index is 1100. The predicted octanol–water partition coefficient (Wildman–Crippen LogP) is 13.0. The van der Waals surface area contributed by atoms with Crippen LogP contribution >= 0.6 is 7.82 Å². The molecule has 0 amide bonds. The predicted molar refractivity (Wildman–Crippen MR) is 240 cm³/mol. The van der Waals surface area contributed by atoms with Crippen LogP contribution in [0.2, 0.25) is 0 Å². The van der Waals surface area contributed by atoms with Crippen molar-refractivity contribution < 1.29 is 47.5 Å². The molecule has 0 aliphatic rings. The monoisotopic (exact) mass is 858 g/mol. The molecule has 0 aliphatic carbocycles. The Balaban J connectivity index is 4.26. The lowest BCUT2D eigenvalue weighted by Crippen LogP contribution is -2.34. The number of allylic oxidation sites excluding steroid dienone is 4. The molecule has 0 rings (SSSR count). The van der Waals surface area contributed by atoms with Crippen LogP contribution in [0.15, 0.2) is 24.3 Å². The molecule has 0 aromatic carbocycles. The van der Waals surface area contributed by atoms with Gasteiger partial charge in [-0.15, -0.1) is 0 Å². The maximum atomic E-state index is 12.6. The van der Waals surface area contributed by atoms with Crippen LogP contribution in [0.4, 0.5) is 0 Å². The Morgan fingerprint density at radius 3 is 1.36 bits per heavy atom. The molecule has 11 nitrogen and oxygen atoms in total. The number of hydrogen-bond acceptors (Lipinski definition) is 9. The van der Waals surface area contributed by atoms with Crippen molar-refractivity contribution in [1.29, 1.82) is 0 Å². The summed E-state index contributed by atoms with van der Waals surface area (Å²) in [5.74, 6) is -2.38. The standard InChI is InChI=1S/C47H88NO10P/c1-3-5-7-9-11-13-15-17-19-20-21-22-23-25-26-28-30-32-34-36-38-45(49)55-40-43(41-56-59(53,54)57-42-44(48)47(51)52)58-46(50)39-37-35-33-31-29-27-24-18-16-14-12-10-8-6-4-2/h12,14,18,24,43-44H,3-11,13,15-17,19-23,25-42,48H2,1-2H3,(H,51,52)(H,53,54)/b14-12-,24-18-. The van der Waals surface area contributed by atoms with E-state index in [1.807, 2.05) is 0 Å². The minimum absolute atomic E-state index is 0.148. The number of nitrogens with two attached hydrogens (primary N) is 1. The summed E-state index contributed by atoms with van der Waals surface area (Å²) in [5.41, 5.74) is 5.34. The number of phosphoric ester groups is 1. The maximum absolute atomic E-state index is 12.6. The molecule has 346 valence electrons. The van der Waals surface area contributed by atoms with Gasteiger partial charge in [0.2, 0.25) is 0 Å². The van der Waals surface area contributed by atoms with Crippen molar-refractivity contribution in [1.82, 2.24) is 0 Å². The number of unbranched alkanes of at least 4 members (excludes halogenated alkanes) is 27. The highest BCUT2D eigenvalue weighted by Gasteiger charge is 2.28. The summed E-state index contributed by atoms with van der Waals surface area (Å²) in [6.07, 6.45) is 45.3. The first-order valence-corrected chi connectivity index (χ1v) is 25.4. The molecule has 0 aliphatic heterocycles. The number of carboxylic acid groups (broad SMARTS) is 1. The van der Waals surface area contributed by atoms with Gasteiger partial charge in [-0.05, 0) is 44.9 Å². The second-order valence-electron chi connectivity index (χ2n) is 16.2. The van der Waals surface area contributed by atoms with Crippen LogP contribution in [0, 0.1) is 0 Å². The minimum Gasteiger partial charge on any atom is -0.480 e. The van der Waals surface area contributed by atoms with Gasteiger partial charge in [-0.2, -0.15) is 0 Å². The third-order valence-electron chi connectivity index (χ3n) is 10.5. The fourth-order valence-corrected chi connectivity index (χ4v) is 7.46. The lowest BCUT2D eigenvalue weighted by molar-refractivity contribution is -0.161. The van der Waals surface area contributed by atoms with E-state index in [1.54, 1.807) is 0 Å². The molecule has 0 heterocycles. The average Bonchev–Trinajstić information content (AvgIpc) is 3.21. The first-order valence-electron chi connectivity index (χ1n) is 23.9. The quantitative estimate of drug-likeness (QED) is 0.0230. The van der Waals surface area contributed by atoms with Crippen molar-refractivity contribution in [2.24, 2.45) is 5.73 Å². The van der Waals surface area contributed by atoms with E-state index in [2.05, 4.69) is 42.7 Å². The SMILES string of the molecule is CCCCC/C=C\C/C=C\CCCCCCCC(=O)OC(COC(=O)CCCCCCCCCCCCCCCCCCCCCC)COP(=O)(O)OCC(N)C(=O)O. The Labute approximate surface area is 360 Å². The van der Waals surface area contributed by atoms with E-state index in [-0.39, 0.29) is 19.4 Å². The summed E-state index contributed by atoms with van der Waals surface area (Å²) in [4.78, 5) is 46.0. The molecule has 0 bridgehead atoms. The number of phosphoric acid groups is 1. The van der Waals surface area contributed by atoms with Crippen molar-refractivity contribution in [3.63, 3.8) is 0 Å². The zero-order chi connectivity index (χ0) is 43.5. The van der Waals surface area contributed by atoms with Crippen molar-refractivity contribution in [3.05, 3.63) is 24.3 Å². The normalized spacial score (nSPS) is 13.8. The third-order valence-corrected chi connectivity index (χ3v) is 11.4. The van der Waals surface area contributed by atoms with Crippen LogP contribution in [-0.4, -0.2) is 59.9 Å². The number of ether oxygens (including phenoxy) is 2. The van der Waals surface area contributed by atoms with E-state index in [0.29, 0.717) is 12.8 Å². The van der Waals surface area contributed by atoms with Gasteiger partial charge in [0.05, 0.1) is 13.2 Å². The molecule has 0 aromatic heterocycles. The van der Waals surface area contributed by atoms with E-state index in [4.69, 9.17) is 24.8 Å². The van der Waals surface area contributed by atoms with Gasteiger partial charge in [0.1, 0.15) is 12.6 Å². The Hall–Kier alpha value is -2.04. The molecule has 0 aromatic rings. The Morgan fingerprint density at radius 2 is 0.898 bits per heavy atom. The van der Waals surface area contributed by atoms with Gasteiger partial charge in [0.15, 0.2) is 6.10 Å². The van der Waals surface area contributed by atoms with Crippen molar-refractivity contribution >= 4 is 25.7 Å². The molecule has 4 N–H and O–H groups in total. The summed E-state index contributed by atoms with van der Waals surface area (Å²) in [6, 6.07) is -1.52. The van der Waals surface area contributed by atoms with E-state index in [1.165, 1.54) is 122 Å². The number of carboxylic acids is 1. The first-order chi connectivity index (χ1) is 28.6. The smallest absolute Gasteiger partial charge is 0.472 e. The second kappa shape index (κ2) is 42.6. The summed E-state index contributed by atoms with van der Waals surface area (Å²) in [7, 11) is -4.72. The Kier molecular flexibility index (Phi) is 41.2. The van der Waals surface area contributed by atoms with Gasteiger partial charge in [0, 0.05) is 12.8 Å². The van der Waals surface area contributed by atoms with Crippen LogP contribution < -0.4 is 5.73 Å². The van der Waals surface area contributed by atoms with Gasteiger partial charge in [-0.1, -0.05) is 192 Å². The first kappa shape index (κ1) is 57.0. The van der Waals surface area contributed by atoms with Gasteiger partial charge in [-0.3, -0.25) is 23.4 Å². The highest BCUT2D eigenvalue weighted by Crippen LogP contribution is 2.43. The zero-order valence-electron chi connectivity index (χ0n) is 37.6. The van der Waals surface area contributed by atoms with Gasteiger partial charge in [-0.25, -0.2) is 4.57 Å². The molecular formula is C47H88NO10P. The molecule has 12 heteroatoms. The summed E-state index contributed by atoms with van der Waals surface area (Å²) >= 11 is 0. The van der Waals surface area contributed by atoms with Crippen LogP contribution in [-0.2, 0) is 37.5 Å². The van der Waals surface area contributed by atoms with E-state index >= 15 is 0 Å². The summed E-state index contributed by atoms with van der Waals surface area (Å²) in [6.45, 7) is 2.79. The van der Waals surface area contributed by atoms with Crippen molar-refractivity contribution in [2.75, 3.05) is 19.8 Å². The van der Waals surface area contributed by atoms with Crippen molar-refractivity contribution in [2.45, 2.75) is 238 Å². The Morgan fingerprint density at radius 1 is 0.525 bits per heavy atom. The lowest BCUT2D eigenvalue weighted by atomic mass is 10.0. The maximum Gasteiger partial charge on any atom is 0.472 e. The highest BCUT2D eigenvalue weighted by atomic mass is 31.2. The number of rotatable bonds is 45. The van der Waals surface area contributed by atoms with Crippen molar-refractivity contribution in [3.8, 4) is 0 Å². The number of carbonyl (C=O) groups is 3. The molecule has 0 spiro atoms. The highest BCUT2D eigenvalue weighted by molar-refractivity contribution is 7.47. The van der Waals surface area contributed by atoms with Gasteiger partial charge < -0.3 is 25.2 Å². The molecular weight excluding hydrogens is 769 g/mol. The fourth-order valence-electron chi connectivity index (χ4n) is 6.68. The minimum atomic E-state index is -4.72. The molecule has 59 heavy (non-hydrogen) atoms. The molecule has 3 atom stereocenters. The van der Waals surface area contributed by atoms with Crippen LogP contribution in [0.3, 0.4) is 0 Å². The van der Waals surface area contributed by atoms with E-state index in [9.17, 15) is 23.8 Å². The number of hydrogen-bond donors (Lipinski definition) is 3. The fraction of sp³-hybridized carbons (Fsp3) is 0.851. The summed E-state index contributed by atoms with van der Waals surface area (Å²) in [5, 5.41) is 8.90. The van der Waals surface area contributed by atoms with Crippen LogP contribution in [0.25, 0.3) is 0 Å². The number of carbonyl (C=O) groups excluding carboxylic acids is 2. The lowest BCUT2D eigenvalue weighted by Gasteiger charge is -2.20. The van der Waals surface area contributed by atoms with E-state index in [0.717, 1.165) is 64.2 Å². The topological polar surface area (TPSA) is 172 Å². The molecule has 0 saturated heterocycles. The van der Waals surface area contributed by atoms with Crippen LogP contribution in [0.1, 0.15) is 226 Å². The molecule has 0 fully saturated rings. The molecule has 0 radical (unpaired) electrons. The van der Waals surface area contributed by atoms with E-state index < -0.39 is 51.1 Å². The second-order valence-corrected chi connectivity index (χ2v) is 17.7. The van der Waals surface area contributed by atoms with Gasteiger partial charge >= 0.3 is 25.7 Å². The largest absolute Gasteiger partial charge is 0.480 e. The third kappa shape index (κ3) is 42.4.